The molecule has 0 spiro atoms. The number of halogens is 2. The van der Waals surface area contributed by atoms with Crippen LogP contribution in [0.1, 0.15) is 23.0 Å². The van der Waals surface area contributed by atoms with Crippen molar-refractivity contribution in [3.8, 4) is 0 Å². The predicted octanol–water partition coefficient (Wildman–Crippen LogP) is 4.19. The number of amides is 1. The van der Waals surface area contributed by atoms with Crippen LogP contribution in [0, 0.1) is 19.7 Å². The monoisotopic (exact) mass is 461 g/mol. The Morgan fingerprint density at radius 1 is 1.21 bits per heavy atom. The van der Waals surface area contributed by atoms with E-state index in [0.717, 1.165) is 21.3 Å². The maximum Gasteiger partial charge on any atom is 0.240 e. The van der Waals surface area contributed by atoms with Gasteiger partial charge < -0.3 is 10.7 Å². The van der Waals surface area contributed by atoms with E-state index >= 15 is 0 Å². The number of hydrogen-bond acceptors (Lipinski definition) is 5. The van der Waals surface area contributed by atoms with E-state index in [1.807, 2.05) is 32.0 Å². The first-order valence-electron chi connectivity index (χ1n) is 8.60. The standard InChI is InChI=1S/C19H17BrFN5OS/c1-10-9-13(20)5-8-15(10)22-18(27)17-16(12-3-6-14(21)7-4-12)25-26-11(2)23-24-19(26)28-17/h3-9,16-17,25H,1-2H3,(H,22,27)/t16-,17-/m1/s1. The second kappa shape index (κ2) is 7.56. The van der Waals surface area contributed by atoms with Crippen LogP contribution in [0.5, 0.6) is 0 Å². The maximum atomic E-state index is 13.4. The Kier molecular flexibility index (Phi) is 5.11. The Hall–Kier alpha value is -2.39. The van der Waals surface area contributed by atoms with E-state index in [2.05, 4.69) is 36.9 Å². The van der Waals surface area contributed by atoms with Gasteiger partial charge in [-0.2, -0.15) is 0 Å². The minimum Gasteiger partial charge on any atom is -0.325 e. The molecule has 3 aromatic rings. The summed E-state index contributed by atoms with van der Waals surface area (Å²) in [5.41, 5.74) is 5.81. The normalized spacial score (nSPS) is 18.3. The maximum absolute atomic E-state index is 13.4. The molecule has 2 aromatic carbocycles. The van der Waals surface area contributed by atoms with E-state index < -0.39 is 5.25 Å². The summed E-state index contributed by atoms with van der Waals surface area (Å²) in [6, 6.07) is 11.5. The fraction of sp³-hybridized carbons (Fsp3) is 0.211. The van der Waals surface area contributed by atoms with Crippen LogP contribution < -0.4 is 10.7 Å². The lowest BCUT2D eigenvalue weighted by atomic mass is 10.0. The second-order valence-electron chi connectivity index (χ2n) is 6.51. The summed E-state index contributed by atoms with van der Waals surface area (Å²) >= 11 is 4.76. The van der Waals surface area contributed by atoms with Crippen LogP contribution in [-0.2, 0) is 4.79 Å². The summed E-state index contributed by atoms with van der Waals surface area (Å²) in [5.74, 6) is 0.209. The Balaban J connectivity index is 1.67. The first-order valence-corrected chi connectivity index (χ1v) is 10.3. The molecule has 1 aliphatic rings. The zero-order valence-corrected chi connectivity index (χ0v) is 17.5. The van der Waals surface area contributed by atoms with Crippen molar-refractivity contribution < 1.29 is 9.18 Å². The minimum absolute atomic E-state index is 0.163. The van der Waals surface area contributed by atoms with Gasteiger partial charge in [-0.25, -0.2) is 9.07 Å². The van der Waals surface area contributed by atoms with Gasteiger partial charge in [0.15, 0.2) is 0 Å². The summed E-state index contributed by atoms with van der Waals surface area (Å²) in [6.45, 7) is 3.77. The van der Waals surface area contributed by atoms with Gasteiger partial charge >= 0.3 is 0 Å². The van der Waals surface area contributed by atoms with Crippen LogP contribution in [0.4, 0.5) is 10.1 Å². The van der Waals surface area contributed by atoms with Gasteiger partial charge in [-0.3, -0.25) is 4.79 Å². The lowest BCUT2D eigenvalue weighted by Crippen LogP contribution is -2.41. The highest BCUT2D eigenvalue weighted by Gasteiger charge is 2.37. The summed E-state index contributed by atoms with van der Waals surface area (Å²) in [6.07, 6.45) is 0. The largest absolute Gasteiger partial charge is 0.325 e. The van der Waals surface area contributed by atoms with E-state index in [-0.39, 0.29) is 17.8 Å². The third kappa shape index (κ3) is 3.64. The number of thioether (sulfide) groups is 1. The molecule has 9 heteroatoms. The van der Waals surface area contributed by atoms with Gasteiger partial charge in [-0.1, -0.05) is 39.8 Å². The molecular weight excluding hydrogens is 445 g/mol. The third-order valence-electron chi connectivity index (χ3n) is 4.53. The van der Waals surface area contributed by atoms with Gasteiger partial charge in [0.1, 0.15) is 16.9 Å². The van der Waals surface area contributed by atoms with Crippen LogP contribution in [0.15, 0.2) is 52.1 Å². The summed E-state index contributed by atoms with van der Waals surface area (Å²) in [7, 11) is 0. The van der Waals surface area contributed by atoms with Gasteiger partial charge in [0.2, 0.25) is 11.1 Å². The summed E-state index contributed by atoms with van der Waals surface area (Å²) < 4.78 is 16.1. The summed E-state index contributed by atoms with van der Waals surface area (Å²) in [5, 5.41) is 11.3. The van der Waals surface area contributed by atoms with E-state index in [9.17, 15) is 9.18 Å². The number of fused-ring (bicyclic) bond motifs is 1. The molecule has 0 saturated heterocycles. The number of hydrogen-bond donors (Lipinski definition) is 2. The second-order valence-corrected chi connectivity index (χ2v) is 8.53. The average molecular weight is 462 g/mol. The molecule has 28 heavy (non-hydrogen) atoms. The van der Waals surface area contributed by atoms with Crippen LogP contribution in [0.25, 0.3) is 0 Å². The number of benzene rings is 2. The zero-order valence-electron chi connectivity index (χ0n) is 15.1. The zero-order chi connectivity index (χ0) is 19.8. The molecule has 0 aliphatic carbocycles. The molecule has 4 rings (SSSR count). The number of nitrogens with zero attached hydrogens (tertiary/aromatic N) is 3. The average Bonchev–Trinajstić information content (AvgIpc) is 3.04. The van der Waals surface area contributed by atoms with E-state index in [4.69, 9.17) is 0 Å². The molecule has 0 unspecified atom stereocenters. The third-order valence-corrected chi connectivity index (χ3v) is 6.24. The van der Waals surface area contributed by atoms with Gasteiger partial charge in [-0.05, 0) is 55.3 Å². The topological polar surface area (TPSA) is 71.8 Å². The number of aromatic nitrogens is 3. The van der Waals surface area contributed by atoms with Gasteiger partial charge in [0.25, 0.3) is 0 Å². The van der Waals surface area contributed by atoms with Crippen LogP contribution >= 0.6 is 27.7 Å². The lowest BCUT2D eigenvalue weighted by Gasteiger charge is -2.32. The molecule has 2 N–H and O–H groups in total. The smallest absolute Gasteiger partial charge is 0.240 e. The minimum atomic E-state index is -0.510. The molecule has 0 bridgehead atoms. The molecule has 2 heterocycles. The molecule has 0 fully saturated rings. The van der Waals surface area contributed by atoms with Crippen molar-refractivity contribution in [3.63, 3.8) is 0 Å². The van der Waals surface area contributed by atoms with Crippen molar-refractivity contribution in [1.29, 1.82) is 0 Å². The molecule has 1 aliphatic heterocycles. The van der Waals surface area contributed by atoms with E-state index in [0.29, 0.717) is 11.0 Å². The molecule has 0 saturated carbocycles. The molecular formula is C19H17BrFN5OS. The molecule has 0 radical (unpaired) electrons. The molecule has 6 nitrogen and oxygen atoms in total. The Bertz CT molecular complexity index is 1040. The highest BCUT2D eigenvalue weighted by Crippen LogP contribution is 2.37. The molecule has 144 valence electrons. The fourth-order valence-electron chi connectivity index (χ4n) is 3.05. The molecule has 2 atom stereocenters. The fourth-order valence-corrected chi connectivity index (χ4v) is 4.65. The highest BCUT2D eigenvalue weighted by molar-refractivity contribution is 9.10. The number of rotatable bonds is 3. The number of carbonyl (C=O) groups excluding carboxylic acids is 1. The van der Waals surface area contributed by atoms with E-state index in [1.54, 1.807) is 16.8 Å². The van der Waals surface area contributed by atoms with Gasteiger partial charge in [0, 0.05) is 10.2 Å². The number of carbonyl (C=O) groups is 1. The van der Waals surface area contributed by atoms with Crippen molar-refractivity contribution in [2.45, 2.75) is 30.3 Å². The first kappa shape index (κ1) is 18.9. The van der Waals surface area contributed by atoms with Crippen molar-refractivity contribution in [3.05, 3.63) is 69.7 Å². The van der Waals surface area contributed by atoms with Crippen LogP contribution in [0.2, 0.25) is 0 Å². The lowest BCUT2D eigenvalue weighted by molar-refractivity contribution is -0.116. The van der Waals surface area contributed by atoms with Crippen LogP contribution in [0.3, 0.4) is 0 Å². The predicted molar refractivity (Wildman–Crippen MR) is 110 cm³/mol. The number of aryl methyl sites for hydroxylation is 2. The van der Waals surface area contributed by atoms with Crippen LogP contribution in [-0.4, -0.2) is 26.0 Å². The Labute approximate surface area is 174 Å². The van der Waals surface area contributed by atoms with Gasteiger partial charge in [-0.15, -0.1) is 10.2 Å². The Morgan fingerprint density at radius 2 is 1.96 bits per heavy atom. The summed E-state index contributed by atoms with van der Waals surface area (Å²) in [4.78, 5) is 13.2. The van der Waals surface area contributed by atoms with Crippen molar-refractivity contribution >= 4 is 39.3 Å². The first-order chi connectivity index (χ1) is 13.4. The van der Waals surface area contributed by atoms with E-state index in [1.165, 1.54) is 23.9 Å². The van der Waals surface area contributed by atoms with Crippen molar-refractivity contribution in [2.24, 2.45) is 0 Å². The quantitative estimate of drug-likeness (QED) is 0.611. The van der Waals surface area contributed by atoms with Gasteiger partial charge in [0.05, 0.1) is 6.04 Å². The van der Waals surface area contributed by atoms with Crippen molar-refractivity contribution in [1.82, 2.24) is 14.9 Å². The number of anilines is 1. The highest BCUT2D eigenvalue weighted by atomic mass is 79.9. The SMILES string of the molecule is Cc1cc(Br)ccc1NC(=O)[C@@H]1Sc2nnc(C)n2N[C@@H]1c1ccc(F)cc1. The number of nitrogens with one attached hydrogen (secondary N) is 2. The Morgan fingerprint density at radius 3 is 2.68 bits per heavy atom. The molecule has 1 amide bonds. The van der Waals surface area contributed by atoms with Crippen molar-refractivity contribution in [2.75, 3.05) is 10.7 Å². The molecule has 1 aromatic heterocycles.